The highest BCUT2D eigenvalue weighted by molar-refractivity contribution is 6.01. The number of non-ortho nitro benzene ring substituents is 1. The summed E-state index contributed by atoms with van der Waals surface area (Å²) in [6.45, 7) is 6.32. The van der Waals surface area contributed by atoms with Crippen LogP contribution in [-0.2, 0) is 6.54 Å². The van der Waals surface area contributed by atoms with Crippen LogP contribution in [0.3, 0.4) is 0 Å². The van der Waals surface area contributed by atoms with E-state index in [9.17, 15) is 14.9 Å². The van der Waals surface area contributed by atoms with Crippen molar-refractivity contribution in [2.75, 3.05) is 0 Å². The number of nitro groups is 1. The third kappa shape index (κ3) is 4.92. The molecule has 0 spiro atoms. The van der Waals surface area contributed by atoms with E-state index in [2.05, 4.69) is 15.6 Å². The fraction of sp³-hybridized carbons (Fsp3) is 0.190. The van der Waals surface area contributed by atoms with Gasteiger partial charge < -0.3 is 0 Å². The van der Waals surface area contributed by atoms with Crippen molar-refractivity contribution >= 4 is 17.3 Å². The summed E-state index contributed by atoms with van der Waals surface area (Å²) >= 11 is 0. The van der Waals surface area contributed by atoms with Crippen molar-refractivity contribution in [3.8, 4) is 0 Å². The quantitative estimate of drug-likeness (QED) is 0.394. The van der Waals surface area contributed by atoms with Gasteiger partial charge in [-0.05, 0) is 62.2 Å². The van der Waals surface area contributed by atoms with Crippen LogP contribution >= 0.6 is 0 Å². The predicted octanol–water partition coefficient (Wildman–Crippen LogP) is 3.61. The monoisotopic (exact) mass is 391 g/mol. The third-order valence-corrected chi connectivity index (χ3v) is 4.47. The molecule has 0 saturated carbocycles. The molecule has 3 aromatic rings. The smallest absolute Gasteiger partial charge is 0.267 e. The first-order chi connectivity index (χ1) is 13.8. The molecule has 29 heavy (non-hydrogen) atoms. The van der Waals surface area contributed by atoms with Crippen LogP contribution in [0, 0.1) is 24.0 Å². The Balaban J connectivity index is 1.63. The summed E-state index contributed by atoms with van der Waals surface area (Å²) < 4.78 is 1.92. The van der Waals surface area contributed by atoms with Gasteiger partial charge in [-0.3, -0.25) is 19.6 Å². The van der Waals surface area contributed by atoms with Gasteiger partial charge in [0.2, 0.25) is 0 Å². The number of nitro benzene ring substituents is 1. The lowest BCUT2D eigenvalue weighted by atomic mass is 10.1. The highest BCUT2D eigenvalue weighted by Crippen LogP contribution is 2.13. The molecule has 148 valence electrons. The maximum absolute atomic E-state index is 12.3. The van der Waals surface area contributed by atoms with Crippen molar-refractivity contribution < 1.29 is 9.72 Å². The number of carbonyl (C=O) groups excluding carboxylic acids is 1. The fourth-order valence-corrected chi connectivity index (χ4v) is 2.86. The molecule has 3 rings (SSSR count). The number of aryl methyl sites for hydroxylation is 2. The maximum Gasteiger partial charge on any atom is 0.271 e. The molecule has 0 saturated heterocycles. The number of aromatic nitrogens is 2. The van der Waals surface area contributed by atoms with E-state index in [1.165, 1.54) is 12.1 Å². The Labute approximate surface area is 168 Å². The van der Waals surface area contributed by atoms with E-state index < -0.39 is 4.92 Å². The van der Waals surface area contributed by atoms with Gasteiger partial charge in [0.15, 0.2) is 0 Å². The standard InChI is InChI=1S/C21H21N5O3/c1-14-12-15(2)25(24-14)13-17-4-6-19(7-5-17)21(27)23-22-16(3)18-8-10-20(11-9-18)26(28)29/h4-12H,13H2,1-3H3,(H,23,27)/b22-16-. The van der Waals surface area contributed by atoms with Crippen LogP contribution in [0.5, 0.6) is 0 Å². The van der Waals surface area contributed by atoms with Gasteiger partial charge in [-0.2, -0.15) is 10.2 Å². The molecule has 0 radical (unpaired) electrons. The first-order valence-corrected chi connectivity index (χ1v) is 9.03. The largest absolute Gasteiger partial charge is 0.271 e. The van der Waals surface area contributed by atoms with E-state index in [4.69, 9.17) is 0 Å². The average molecular weight is 391 g/mol. The molecule has 1 aromatic heterocycles. The molecule has 0 aliphatic carbocycles. The SMILES string of the molecule is C/C(=N/NC(=O)c1ccc(Cn2nc(C)cc2C)cc1)c1ccc([N+](=O)[O-])cc1. The Bertz CT molecular complexity index is 1070. The number of amides is 1. The molecular weight excluding hydrogens is 370 g/mol. The Kier molecular flexibility index (Phi) is 5.82. The summed E-state index contributed by atoms with van der Waals surface area (Å²) in [5, 5.41) is 19.2. The van der Waals surface area contributed by atoms with Gasteiger partial charge in [-0.1, -0.05) is 12.1 Å². The van der Waals surface area contributed by atoms with Gasteiger partial charge in [0.25, 0.3) is 11.6 Å². The normalized spacial score (nSPS) is 11.3. The van der Waals surface area contributed by atoms with E-state index >= 15 is 0 Å². The highest BCUT2D eigenvalue weighted by Gasteiger charge is 2.08. The molecule has 8 nitrogen and oxygen atoms in total. The van der Waals surface area contributed by atoms with Gasteiger partial charge in [-0.25, -0.2) is 5.43 Å². The zero-order valence-corrected chi connectivity index (χ0v) is 16.4. The minimum atomic E-state index is -0.462. The van der Waals surface area contributed by atoms with Gasteiger partial charge in [-0.15, -0.1) is 0 Å². The molecule has 1 N–H and O–H groups in total. The average Bonchev–Trinajstić information content (AvgIpc) is 3.03. The molecule has 0 fully saturated rings. The van der Waals surface area contributed by atoms with Crippen LogP contribution < -0.4 is 5.43 Å². The minimum absolute atomic E-state index is 0.00569. The van der Waals surface area contributed by atoms with Crippen LogP contribution in [0.15, 0.2) is 59.7 Å². The second-order valence-electron chi connectivity index (χ2n) is 6.72. The van der Waals surface area contributed by atoms with Crippen LogP contribution in [0.1, 0.15) is 39.8 Å². The lowest BCUT2D eigenvalue weighted by Crippen LogP contribution is -2.19. The Morgan fingerprint density at radius 3 is 2.28 bits per heavy atom. The summed E-state index contributed by atoms with van der Waals surface area (Å²) in [6.07, 6.45) is 0. The predicted molar refractivity (Wildman–Crippen MR) is 110 cm³/mol. The topological polar surface area (TPSA) is 102 Å². The van der Waals surface area contributed by atoms with Crippen LogP contribution in [0.4, 0.5) is 5.69 Å². The maximum atomic E-state index is 12.3. The number of rotatable bonds is 6. The summed E-state index contributed by atoms with van der Waals surface area (Å²) in [5.74, 6) is -0.330. The second-order valence-corrected chi connectivity index (χ2v) is 6.72. The number of nitrogens with zero attached hydrogens (tertiary/aromatic N) is 4. The molecule has 8 heteroatoms. The first-order valence-electron chi connectivity index (χ1n) is 9.03. The molecule has 0 atom stereocenters. The Morgan fingerprint density at radius 2 is 1.72 bits per heavy atom. The Morgan fingerprint density at radius 1 is 1.10 bits per heavy atom. The molecule has 0 bridgehead atoms. The van der Waals surface area contributed by atoms with Gasteiger partial charge >= 0.3 is 0 Å². The molecule has 0 unspecified atom stereocenters. The van der Waals surface area contributed by atoms with Crippen LogP contribution in [-0.4, -0.2) is 26.3 Å². The summed E-state index contributed by atoms with van der Waals surface area (Å²) in [7, 11) is 0. The lowest BCUT2D eigenvalue weighted by Gasteiger charge is -2.06. The fourth-order valence-electron chi connectivity index (χ4n) is 2.86. The van der Waals surface area contributed by atoms with Crippen molar-refractivity contribution in [3.63, 3.8) is 0 Å². The van der Waals surface area contributed by atoms with E-state index in [1.54, 1.807) is 31.2 Å². The van der Waals surface area contributed by atoms with E-state index in [1.807, 2.05) is 36.7 Å². The van der Waals surface area contributed by atoms with Gasteiger partial charge in [0.05, 0.1) is 22.9 Å². The number of carbonyl (C=O) groups is 1. The summed E-state index contributed by atoms with van der Waals surface area (Å²) in [4.78, 5) is 22.6. The number of hydrogen-bond donors (Lipinski definition) is 1. The first kappa shape index (κ1) is 19.9. The number of hydrazone groups is 1. The van der Waals surface area contributed by atoms with E-state index in [-0.39, 0.29) is 11.6 Å². The minimum Gasteiger partial charge on any atom is -0.267 e. The van der Waals surface area contributed by atoms with Crippen molar-refractivity contribution in [2.45, 2.75) is 27.3 Å². The zero-order valence-electron chi connectivity index (χ0n) is 16.4. The molecule has 2 aromatic carbocycles. The van der Waals surface area contributed by atoms with Crippen molar-refractivity contribution in [3.05, 3.63) is 92.8 Å². The second kappa shape index (κ2) is 8.47. The van der Waals surface area contributed by atoms with Crippen molar-refractivity contribution in [1.82, 2.24) is 15.2 Å². The molecule has 0 aliphatic rings. The van der Waals surface area contributed by atoms with Crippen LogP contribution in [0.25, 0.3) is 0 Å². The van der Waals surface area contributed by atoms with E-state index in [0.717, 1.165) is 17.0 Å². The lowest BCUT2D eigenvalue weighted by molar-refractivity contribution is -0.384. The van der Waals surface area contributed by atoms with Gasteiger partial charge in [0, 0.05) is 23.4 Å². The summed E-state index contributed by atoms with van der Waals surface area (Å²) in [6, 6.07) is 15.3. The molecule has 1 amide bonds. The summed E-state index contributed by atoms with van der Waals surface area (Å²) in [5.41, 5.74) is 7.34. The van der Waals surface area contributed by atoms with Crippen molar-refractivity contribution in [1.29, 1.82) is 0 Å². The van der Waals surface area contributed by atoms with Crippen LogP contribution in [0.2, 0.25) is 0 Å². The molecule has 0 aliphatic heterocycles. The molecule has 1 heterocycles. The zero-order chi connectivity index (χ0) is 21.0. The number of nitrogens with one attached hydrogen (secondary N) is 1. The third-order valence-electron chi connectivity index (χ3n) is 4.47. The number of hydrogen-bond acceptors (Lipinski definition) is 5. The van der Waals surface area contributed by atoms with E-state index in [0.29, 0.717) is 23.4 Å². The highest BCUT2D eigenvalue weighted by atomic mass is 16.6. The number of benzene rings is 2. The van der Waals surface area contributed by atoms with Gasteiger partial charge in [0.1, 0.15) is 0 Å². The van der Waals surface area contributed by atoms with Crippen molar-refractivity contribution in [2.24, 2.45) is 5.10 Å². The molecular formula is C21H21N5O3. The Hall–Kier alpha value is -3.81.